The number of nitrogens with zero attached hydrogens (tertiary/aromatic N) is 1. The van der Waals surface area contributed by atoms with Crippen LogP contribution in [-0.4, -0.2) is 27.5 Å². The molecular formula is C10H12ClNO2. The lowest BCUT2D eigenvalue weighted by molar-refractivity contribution is 0.112. The molecule has 3 nitrogen and oxygen atoms in total. The van der Waals surface area contributed by atoms with Crippen LogP contribution in [0.5, 0.6) is 5.75 Å². The molecule has 0 saturated heterocycles. The number of ether oxygens (including phenoxy) is 1. The van der Waals surface area contributed by atoms with Gasteiger partial charge in [0.25, 0.3) is 0 Å². The van der Waals surface area contributed by atoms with Gasteiger partial charge in [0, 0.05) is 19.7 Å². The molecule has 14 heavy (non-hydrogen) atoms. The van der Waals surface area contributed by atoms with Crippen molar-refractivity contribution in [3.8, 4) is 5.75 Å². The van der Waals surface area contributed by atoms with Gasteiger partial charge in [-0.2, -0.15) is 0 Å². The van der Waals surface area contributed by atoms with Crippen LogP contribution < -0.4 is 9.64 Å². The summed E-state index contributed by atoms with van der Waals surface area (Å²) < 4.78 is 5.14. The van der Waals surface area contributed by atoms with Crippen LogP contribution in [0.3, 0.4) is 0 Å². The topological polar surface area (TPSA) is 29.5 Å². The Morgan fingerprint density at radius 1 is 1.43 bits per heavy atom. The first-order valence-electron chi connectivity index (χ1n) is 4.10. The Labute approximate surface area is 88.2 Å². The molecular weight excluding hydrogens is 202 g/mol. The average Bonchev–Trinajstić information content (AvgIpc) is 2.17. The molecule has 76 valence electrons. The number of methoxy groups -OCH3 is 1. The van der Waals surface area contributed by atoms with E-state index in [9.17, 15) is 4.79 Å². The fraction of sp³-hybridized carbons (Fsp3) is 0.300. The van der Waals surface area contributed by atoms with E-state index in [-0.39, 0.29) is 0 Å². The van der Waals surface area contributed by atoms with Crippen LogP contribution in [0.15, 0.2) is 12.1 Å². The number of anilines is 1. The summed E-state index contributed by atoms with van der Waals surface area (Å²) in [5.41, 5.74) is 1.29. The minimum atomic E-state index is 0.435. The minimum absolute atomic E-state index is 0.435. The zero-order chi connectivity index (χ0) is 10.7. The first-order chi connectivity index (χ1) is 6.60. The van der Waals surface area contributed by atoms with Crippen molar-refractivity contribution in [1.82, 2.24) is 0 Å². The zero-order valence-electron chi connectivity index (χ0n) is 8.37. The lowest BCUT2D eigenvalue weighted by Crippen LogP contribution is -2.10. The number of carbonyl (C=O) groups is 1. The van der Waals surface area contributed by atoms with Crippen LogP contribution in [0.2, 0.25) is 5.02 Å². The summed E-state index contributed by atoms with van der Waals surface area (Å²) in [6.45, 7) is 0. The van der Waals surface area contributed by atoms with Gasteiger partial charge in [0.2, 0.25) is 0 Å². The Balaban J connectivity index is 3.31. The molecule has 0 radical (unpaired) electrons. The monoisotopic (exact) mass is 213 g/mol. The van der Waals surface area contributed by atoms with Crippen LogP contribution in [-0.2, 0) is 0 Å². The predicted octanol–water partition coefficient (Wildman–Crippen LogP) is 2.23. The van der Waals surface area contributed by atoms with Gasteiger partial charge in [-0.05, 0) is 12.1 Å². The fourth-order valence-electron chi connectivity index (χ4n) is 1.16. The second-order valence-corrected chi connectivity index (χ2v) is 3.47. The van der Waals surface area contributed by atoms with E-state index in [0.29, 0.717) is 22.6 Å². The maximum atomic E-state index is 10.6. The van der Waals surface area contributed by atoms with Gasteiger partial charge in [-0.15, -0.1) is 0 Å². The highest BCUT2D eigenvalue weighted by atomic mass is 35.5. The fourth-order valence-corrected chi connectivity index (χ4v) is 1.36. The molecule has 1 aromatic rings. The zero-order valence-corrected chi connectivity index (χ0v) is 9.13. The standard InChI is InChI=1S/C10H12ClNO2/c1-12(2)9-5-8(11)7(6-13)4-10(9)14-3/h4-6H,1-3H3. The SMILES string of the molecule is COc1cc(C=O)c(Cl)cc1N(C)C. The van der Waals surface area contributed by atoms with E-state index in [1.165, 1.54) is 0 Å². The largest absolute Gasteiger partial charge is 0.495 e. The summed E-state index contributed by atoms with van der Waals surface area (Å²) in [6, 6.07) is 3.34. The average molecular weight is 214 g/mol. The van der Waals surface area contributed by atoms with Crippen molar-refractivity contribution in [1.29, 1.82) is 0 Å². The van der Waals surface area contributed by atoms with E-state index in [1.807, 2.05) is 19.0 Å². The maximum Gasteiger partial charge on any atom is 0.151 e. The van der Waals surface area contributed by atoms with E-state index in [1.54, 1.807) is 19.2 Å². The normalized spacial score (nSPS) is 9.71. The summed E-state index contributed by atoms with van der Waals surface area (Å²) in [5, 5.41) is 0.435. The Bertz CT molecular complexity index is 350. The van der Waals surface area contributed by atoms with Gasteiger partial charge in [-0.3, -0.25) is 4.79 Å². The van der Waals surface area contributed by atoms with Crippen molar-refractivity contribution in [3.05, 3.63) is 22.7 Å². The lowest BCUT2D eigenvalue weighted by atomic mass is 10.2. The molecule has 0 aliphatic rings. The highest BCUT2D eigenvalue weighted by molar-refractivity contribution is 6.33. The molecule has 0 bridgehead atoms. The highest BCUT2D eigenvalue weighted by Crippen LogP contribution is 2.32. The third-order valence-corrected chi connectivity index (χ3v) is 2.23. The van der Waals surface area contributed by atoms with Crippen molar-refractivity contribution in [2.45, 2.75) is 0 Å². The van der Waals surface area contributed by atoms with E-state index >= 15 is 0 Å². The van der Waals surface area contributed by atoms with Crippen LogP contribution in [0.25, 0.3) is 0 Å². The van der Waals surface area contributed by atoms with Gasteiger partial charge in [-0.1, -0.05) is 11.6 Å². The second kappa shape index (κ2) is 4.33. The van der Waals surface area contributed by atoms with E-state index in [0.717, 1.165) is 5.69 Å². The molecule has 0 amide bonds. The van der Waals surface area contributed by atoms with Crippen LogP contribution in [0, 0.1) is 0 Å². The molecule has 0 aliphatic heterocycles. The Morgan fingerprint density at radius 3 is 2.50 bits per heavy atom. The van der Waals surface area contributed by atoms with E-state index < -0.39 is 0 Å². The molecule has 0 atom stereocenters. The third kappa shape index (κ3) is 1.99. The van der Waals surface area contributed by atoms with Crippen molar-refractivity contribution in [3.63, 3.8) is 0 Å². The summed E-state index contributed by atoms with van der Waals surface area (Å²) in [7, 11) is 5.33. The number of aldehydes is 1. The Hall–Kier alpha value is -1.22. The number of benzene rings is 1. The summed E-state index contributed by atoms with van der Waals surface area (Å²) in [6.07, 6.45) is 0.713. The van der Waals surface area contributed by atoms with Gasteiger partial charge in [0.15, 0.2) is 6.29 Å². The Kier molecular flexibility index (Phi) is 3.36. The third-order valence-electron chi connectivity index (χ3n) is 1.91. The molecule has 0 saturated carbocycles. The molecule has 0 heterocycles. The predicted molar refractivity (Wildman–Crippen MR) is 57.7 cm³/mol. The molecule has 1 aromatic carbocycles. The summed E-state index contributed by atoms with van der Waals surface area (Å²) in [4.78, 5) is 12.5. The van der Waals surface area contributed by atoms with Gasteiger partial charge >= 0.3 is 0 Å². The molecule has 0 spiro atoms. The first-order valence-corrected chi connectivity index (χ1v) is 4.48. The van der Waals surface area contributed by atoms with Crippen molar-refractivity contribution in [2.75, 3.05) is 26.1 Å². The quantitative estimate of drug-likeness (QED) is 0.722. The summed E-state index contributed by atoms with van der Waals surface area (Å²) in [5.74, 6) is 0.640. The highest BCUT2D eigenvalue weighted by Gasteiger charge is 2.09. The van der Waals surface area contributed by atoms with Crippen molar-refractivity contribution in [2.24, 2.45) is 0 Å². The number of halogens is 1. The number of hydrogen-bond donors (Lipinski definition) is 0. The summed E-state index contributed by atoms with van der Waals surface area (Å²) >= 11 is 5.89. The van der Waals surface area contributed by atoms with Gasteiger partial charge < -0.3 is 9.64 Å². The minimum Gasteiger partial charge on any atom is -0.495 e. The number of rotatable bonds is 3. The van der Waals surface area contributed by atoms with Gasteiger partial charge in [0.05, 0.1) is 17.8 Å². The molecule has 1 rings (SSSR count). The van der Waals surface area contributed by atoms with E-state index in [2.05, 4.69) is 0 Å². The Morgan fingerprint density at radius 2 is 2.07 bits per heavy atom. The second-order valence-electron chi connectivity index (χ2n) is 3.06. The van der Waals surface area contributed by atoms with Crippen molar-refractivity contribution < 1.29 is 9.53 Å². The molecule has 0 fully saturated rings. The first kappa shape index (κ1) is 10.9. The van der Waals surface area contributed by atoms with Crippen LogP contribution >= 0.6 is 11.6 Å². The van der Waals surface area contributed by atoms with E-state index in [4.69, 9.17) is 16.3 Å². The van der Waals surface area contributed by atoms with Crippen LogP contribution in [0.4, 0.5) is 5.69 Å². The van der Waals surface area contributed by atoms with Crippen LogP contribution in [0.1, 0.15) is 10.4 Å². The molecule has 0 aromatic heterocycles. The number of carbonyl (C=O) groups excluding carboxylic acids is 1. The molecule has 0 N–H and O–H groups in total. The van der Waals surface area contributed by atoms with Gasteiger partial charge in [-0.25, -0.2) is 0 Å². The molecule has 0 unspecified atom stereocenters. The molecule has 4 heteroatoms. The molecule has 0 aliphatic carbocycles. The van der Waals surface area contributed by atoms with Gasteiger partial charge in [0.1, 0.15) is 5.75 Å². The number of hydrogen-bond acceptors (Lipinski definition) is 3. The maximum absolute atomic E-state index is 10.6. The smallest absolute Gasteiger partial charge is 0.151 e. The lowest BCUT2D eigenvalue weighted by Gasteiger charge is -2.17. The van der Waals surface area contributed by atoms with Crippen molar-refractivity contribution >= 4 is 23.6 Å².